The fourth-order valence-corrected chi connectivity index (χ4v) is 6.13. The Balaban J connectivity index is 1.88. The van der Waals surface area contributed by atoms with E-state index in [2.05, 4.69) is 11.9 Å². The highest BCUT2D eigenvalue weighted by atomic mass is 35.5. The van der Waals surface area contributed by atoms with E-state index in [4.69, 9.17) is 16.3 Å². The first kappa shape index (κ1) is 28.8. The lowest BCUT2D eigenvalue weighted by Crippen LogP contribution is -2.46. The van der Waals surface area contributed by atoms with Crippen molar-refractivity contribution in [2.45, 2.75) is 63.6 Å². The van der Waals surface area contributed by atoms with Gasteiger partial charge in [0, 0.05) is 19.5 Å². The molecule has 0 aliphatic rings. The van der Waals surface area contributed by atoms with Gasteiger partial charge in [-0.25, -0.2) is 13.4 Å². The molecule has 1 heterocycles. The smallest absolute Gasteiger partial charge is 0.324 e. The van der Waals surface area contributed by atoms with Crippen LogP contribution in [0, 0.1) is 0 Å². The van der Waals surface area contributed by atoms with Crippen LogP contribution in [0.1, 0.15) is 49.3 Å². The lowest BCUT2D eigenvalue weighted by atomic mass is 10.1. The van der Waals surface area contributed by atoms with Crippen LogP contribution in [-0.2, 0) is 45.5 Å². The highest BCUT2D eigenvalue weighted by Gasteiger charge is 2.35. The molecule has 10 heteroatoms. The summed E-state index contributed by atoms with van der Waals surface area (Å²) in [6.07, 6.45) is 2.86. The fourth-order valence-electron chi connectivity index (χ4n) is 4.29. The second kappa shape index (κ2) is 13.2. The number of rotatable bonds is 13. The Morgan fingerprint density at radius 2 is 1.78 bits per heavy atom. The summed E-state index contributed by atoms with van der Waals surface area (Å²) < 4.78 is 35.3. The molecule has 3 rings (SSSR count). The molecule has 0 saturated heterocycles. The Morgan fingerprint density at radius 1 is 1.11 bits per heavy atom. The van der Waals surface area contributed by atoms with Crippen LogP contribution in [0.4, 0.5) is 0 Å². The maximum atomic E-state index is 13.6. The summed E-state index contributed by atoms with van der Waals surface area (Å²) in [7, 11) is -2.73. The molecule has 0 amide bonds. The van der Waals surface area contributed by atoms with E-state index < -0.39 is 22.0 Å². The van der Waals surface area contributed by atoms with Gasteiger partial charge in [-0.2, -0.15) is 4.31 Å². The minimum atomic E-state index is -3.99. The van der Waals surface area contributed by atoms with Crippen molar-refractivity contribution in [1.82, 2.24) is 13.9 Å². The van der Waals surface area contributed by atoms with Gasteiger partial charge < -0.3 is 14.4 Å². The second-order valence-corrected chi connectivity index (χ2v) is 10.9. The number of carbonyl (C=O) groups is 1. The average Bonchev–Trinajstić information content (AvgIpc) is 3.20. The second-order valence-electron chi connectivity index (χ2n) is 8.69. The lowest BCUT2D eigenvalue weighted by molar-refractivity contribution is -0.145. The topological polar surface area (TPSA) is 102 Å². The predicted octanol–water partition coefficient (Wildman–Crippen LogP) is 4.21. The number of unbranched alkanes of at least 4 members (excludes halogenated alkanes) is 1. The van der Waals surface area contributed by atoms with Gasteiger partial charge in [0.2, 0.25) is 10.0 Å². The number of hydrogen-bond acceptors (Lipinski definition) is 6. The van der Waals surface area contributed by atoms with Crippen LogP contribution in [0.25, 0.3) is 0 Å². The van der Waals surface area contributed by atoms with Crippen molar-refractivity contribution in [2.75, 3.05) is 13.7 Å². The van der Waals surface area contributed by atoms with E-state index in [0.717, 1.165) is 36.2 Å². The molecule has 0 fully saturated rings. The molecule has 0 aliphatic carbocycles. The lowest BCUT2D eigenvalue weighted by Gasteiger charge is -2.28. The van der Waals surface area contributed by atoms with Gasteiger partial charge in [0.25, 0.3) is 0 Å². The zero-order valence-electron chi connectivity index (χ0n) is 21.4. The quantitative estimate of drug-likeness (QED) is 0.322. The zero-order chi connectivity index (χ0) is 27.0. The first-order chi connectivity index (χ1) is 17.8. The molecule has 8 nitrogen and oxygen atoms in total. The summed E-state index contributed by atoms with van der Waals surface area (Å²) in [5.41, 5.74) is 2.19. The van der Waals surface area contributed by atoms with E-state index in [0.29, 0.717) is 12.2 Å². The predicted molar refractivity (Wildman–Crippen MR) is 143 cm³/mol. The molecule has 0 bridgehead atoms. The molecule has 1 atom stereocenters. The highest BCUT2D eigenvalue weighted by molar-refractivity contribution is 7.89. The first-order valence-electron chi connectivity index (χ1n) is 12.3. The number of hydrogen-bond donors (Lipinski definition) is 1. The Labute approximate surface area is 223 Å². The number of aliphatic hydroxyl groups excluding tert-OH is 1. The van der Waals surface area contributed by atoms with E-state index >= 15 is 0 Å². The number of halogens is 1. The number of benzene rings is 2. The Bertz CT molecular complexity index is 1280. The number of ether oxygens (including phenoxy) is 1. The first-order valence-corrected chi connectivity index (χ1v) is 14.2. The fraction of sp³-hybridized carbons (Fsp3) is 0.407. The molecule has 2 aromatic carbocycles. The number of aryl methyl sites for hydroxylation is 1. The summed E-state index contributed by atoms with van der Waals surface area (Å²) in [4.78, 5) is 17.1. The maximum absolute atomic E-state index is 13.6. The molecule has 0 aliphatic heterocycles. The summed E-state index contributed by atoms with van der Waals surface area (Å²) in [5, 5.41) is 10.1. The minimum absolute atomic E-state index is 0.0808. The molecule has 1 aromatic heterocycles. The maximum Gasteiger partial charge on any atom is 0.324 e. The van der Waals surface area contributed by atoms with Crippen LogP contribution in [0.2, 0.25) is 5.15 Å². The Hall–Kier alpha value is -2.72. The number of aliphatic hydroxyl groups is 1. The van der Waals surface area contributed by atoms with Gasteiger partial charge in [0.15, 0.2) is 5.15 Å². The van der Waals surface area contributed by atoms with E-state index in [1.165, 1.54) is 23.5 Å². The Kier molecular flexibility index (Phi) is 10.3. The number of sulfonamides is 1. The third-order valence-corrected chi connectivity index (χ3v) is 8.58. The van der Waals surface area contributed by atoms with Crippen molar-refractivity contribution in [3.8, 4) is 0 Å². The van der Waals surface area contributed by atoms with Gasteiger partial charge in [-0.3, -0.25) is 4.79 Å². The van der Waals surface area contributed by atoms with Crippen LogP contribution >= 0.6 is 11.6 Å². The number of methoxy groups -OCH3 is 1. The zero-order valence-corrected chi connectivity index (χ0v) is 23.0. The SMILES string of the molecule is CCCCc1nc(Cl)c(CO)n1Cc1ccc(S(=O)(=O)N(CC)[C@@H](Cc2ccccc2)C(=O)OC)cc1. The number of carbonyl (C=O) groups excluding carboxylic acids is 1. The standard InChI is InChI=1S/C27H34ClN3O5S/c1-4-6-12-25-29-26(28)24(19-32)30(25)18-21-13-15-22(16-14-21)37(34,35)31(5-2)23(27(33)36-3)17-20-10-8-7-9-11-20/h7-11,13-16,23,32H,4-6,12,17-19H2,1-3H3/t23-/m0/s1. The van der Waals surface area contributed by atoms with Gasteiger partial charge in [-0.05, 0) is 36.1 Å². The third kappa shape index (κ3) is 6.78. The third-order valence-electron chi connectivity index (χ3n) is 6.28. The van der Waals surface area contributed by atoms with Crippen molar-refractivity contribution in [2.24, 2.45) is 0 Å². The molecule has 0 spiro atoms. The van der Waals surface area contributed by atoms with Crippen molar-refractivity contribution in [1.29, 1.82) is 0 Å². The Morgan fingerprint density at radius 3 is 2.35 bits per heavy atom. The van der Waals surface area contributed by atoms with Gasteiger partial charge in [0.05, 0.1) is 24.3 Å². The van der Waals surface area contributed by atoms with Gasteiger partial charge in [-0.1, -0.05) is 74.3 Å². The largest absolute Gasteiger partial charge is 0.468 e. The number of aromatic nitrogens is 2. The van der Waals surface area contributed by atoms with Gasteiger partial charge >= 0.3 is 5.97 Å². The van der Waals surface area contributed by atoms with E-state index in [1.807, 2.05) is 34.9 Å². The van der Waals surface area contributed by atoms with E-state index in [1.54, 1.807) is 19.1 Å². The monoisotopic (exact) mass is 547 g/mol. The number of esters is 1. The highest BCUT2D eigenvalue weighted by Crippen LogP contribution is 2.24. The van der Waals surface area contributed by atoms with Crippen molar-refractivity contribution >= 4 is 27.6 Å². The summed E-state index contributed by atoms with van der Waals surface area (Å²) in [6, 6.07) is 14.8. The van der Waals surface area contributed by atoms with Crippen LogP contribution in [0.15, 0.2) is 59.5 Å². The molecule has 37 heavy (non-hydrogen) atoms. The van der Waals surface area contributed by atoms with Gasteiger partial charge in [0.1, 0.15) is 11.9 Å². The molecule has 0 unspecified atom stereocenters. The van der Waals surface area contributed by atoms with Crippen LogP contribution in [0.3, 0.4) is 0 Å². The van der Waals surface area contributed by atoms with Crippen molar-refractivity contribution in [3.05, 3.63) is 82.4 Å². The molecule has 3 aromatic rings. The normalized spacial score (nSPS) is 12.6. The van der Waals surface area contributed by atoms with Gasteiger partial charge in [-0.15, -0.1) is 0 Å². The molecule has 0 radical (unpaired) electrons. The van der Waals surface area contributed by atoms with Crippen molar-refractivity contribution in [3.63, 3.8) is 0 Å². The number of imidazole rings is 1. The van der Waals surface area contributed by atoms with Crippen LogP contribution in [-0.4, -0.2) is 53.0 Å². The van der Waals surface area contributed by atoms with E-state index in [-0.39, 0.29) is 29.6 Å². The summed E-state index contributed by atoms with van der Waals surface area (Å²) in [6.45, 7) is 4.04. The van der Waals surface area contributed by atoms with Crippen molar-refractivity contribution < 1.29 is 23.1 Å². The van der Waals surface area contributed by atoms with E-state index in [9.17, 15) is 18.3 Å². The summed E-state index contributed by atoms with van der Waals surface area (Å²) >= 11 is 6.24. The molecule has 1 N–H and O–H groups in total. The van der Waals surface area contributed by atoms with Crippen LogP contribution in [0.5, 0.6) is 0 Å². The molecular formula is C27H34ClN3O5S. The molecule has 200 valence electrons. The van der Waals surface area contributed by atoms with Crippen LogP contribution < -0.4 is 0 Å². The number of likely N-dealkylation sites (N-methyl/N-ethyl adjacent to an activating group) is 1. The molecule has 0 saturated carbocycles. The number of nitrogens with zero attached hydrogens (tertiary/aromatic N) is 3. The summed E-state index contributed by atoms with van der Waals surface area (Å²) in [5.74, 6) is 0.172. The minimum Gasteiger partial charge on any atom is -0.468 e. The average molecular weight is 548 g/mol. The molecular weight excluding hydrogens is 514 g/mol.